The Bertz CT molecular complexity index is 1280. The monoisotopic (exact) mass is 437 g/mol. The van der Waals surface area contributed by atoms with Crippen LogP contribution < -0.4 is 5.32 Å². The van der Waals surface area contributed by atoms with Crippen molar-refractivity contribution in [1.82, 2.24) is 9.97 Å². The highest BCUT2D eigenvalue weighted by molar-refractivity contribution is 5.93. The molecule has 1 aliphatic carbocycles. The zero-order valence-electron chi connectivity index (χ0n) is 18.5. The SMILES string of the molecule is O=C(Cc1ccc2ccccc2c1)Nc1ncc(-c2ccc(O)cc2)nc1C1CCCCC1. The third kappa shape index (κ3) is 4.87. The predicted molar refractivity (Wildman–Crippen MR) is 131 cm³/mol. The van der Waals surface area contributed by atoms with Crippen molar-refractivity contribution in [2.24, 2.45) is 0 Å². The smallest absolute Gasteiger partial charge is 0.229 e. The molecule has 33 heavy (non-hydrogen) atoms. The third-order valence-corrected chi connectivity index (χ3v) is 6.39. The molecule has 0 bridgehead atoms. The second-order valence-electron chi connectivity index (χ2n) is 8.78. The Hall–Kier alpha value is -3.73. The molecule has 1 amide bonds. The standard InChI is InChI=1S/C28H27N3O2/c32-24-14-12-21(13-15-24)25-18-29-28(27(30-25)22-7-2-1-3-8-22)31-26(33)17-19-10-11-20-6-4-5-9-23(20)16-19/h4-6,9-16,18,22,32H,1-3,7-8,17H2,(H,29,31,33). The molecule has 0 atom stereocenters. The molecule has 4 aromatic rings. The van der Waals surface area contributed by atoms with Crippen molar-refractivity contribution >= 4 is 22.5 Å². The van der Waals surface area contributed by atoms with Gasteiger partial charge < -0.3 is 10.4 Å². The van der Waals surface area contributed by atoms with Crippen LogP contribution in [0.15, 0.2) is 72.9 Å². The van der Waals surface area contributed by atoms with Gasteiger partial charge in [-0.05, 0) is 53.4 Å². The van der Waals surface area contributed by atoms with Crippen LogP contribution in [0, 0.1) is 0 Å². The Balaban J connectivity index is 1.40. The average Bonchev–Trinajstić information content (AvgIpc) is 2.85. The number of nitrogens with one attached hydrogen (secondary N) is 1. The van der Waals surface area contributed by atoms with Crippen LogP contribution in [0.4, 0.5) is 5.82 Å². The number of phenolic OH excluding ortho intramolecular Hbond substituents is 1. The van der Waals surface area contributed by atoms with Crippen molar-refractivity contribution in [2.45, 2.75) is 44.4 Å². The molecule has 5 rings (SSSR count). The van der Waals surface area contributed by atoms with Gasteiger partial charge in [0.25, 0.3) is 0 Å². The molecule has 1 saturated carbocycles. The lowest BCUT2D eigenvalue weighted by molar-refractivity contribution is -0.115. The van der Waals surface area contributed by atoms with Crippen molar-refractivity contribution in [1.29, 1.82) is 0 Å². The van der Waals surface area contributed by atoms with Gasteiger partial charge in [-0.1, -0.05) is 61.7 Å². The van der Waals surface area contributed by atoms with Gasteiger partial charge >= 0.3 is 0 Å². The lowest BCUT2D eigenvalue weighted by Gasteiger charge is -2.23. The van der Waals surface area contributed by atoms with Gasteiger partial charge in [0.2, 0.25) is 5.91 Å². The normalized spacial score (nSPS) is 14.3. The van der Waals surface area contributed by atoms with Crippen LogP contribution >= 0.6 is 0 Å². The molecular weight excluding hydrogens is 410 g/mol. The van der Waals surface area contributed by atoms with Crippen LogP contribution in [-0.4, -0.2) is 21.0 Å². The number of hydrogen-bond donors (Lipinski definition) is 2. The van der Waals surface area contributed by atoms with Gasteiger partial charge in [0.05, 0.1) is 24.0 Å². The second kappa shape index (κ2) is 9.41. The highest BCUT2D eigenvalue weighted by atomic mass is 16.3. The van der Waals surface area contributed by atoms with E-state index in [1.54, 1.807) is 18.3 Å². The van der Waals surface area contributed by atoms with Crippen molar-refractivity contribution in [3.05, 3.63) is 84.2 Å². The first-order chi connectivity index (χ1) is 16.2. The number of benzene rings is 3. The summed E-state index contributed by atoms with van der Waals surface area (Å²) in [5, 5.41) is 14.9. The Kier molecular flexibility index (Phi) is 6.03. The van der Waals surface area contributed by atoms with E-state index < -0.39 is 0 Å². The molecule has 0 unspecified atom stereocenters. The minimum Gasteiger partial charge on any atom is -0.508 e. The molecule has 0 saturated heterocycles. The van der Waals surface area contributed by atoms with Gasteiger partial charge in [-0.3, -0.25) is 4.79 Å². The van der Waals surface area contributed by atoms with Gasteiger partial charge in [0, 0.05) is 11.5 Å². The van der Waals surface area contributed by atoms with E-state index in [1.807, 2.05) is 30.3 Å². The maximum atomic E-state index is 12.9. The fraction of sp³-hybridized carbons (Fsp3) is 0.250. The Morgan fingerprint density at radius 1 is 0.939 bits per heavy atom. The largest absolute Gasteiger partial charge is 0.508 e. The maximum absolute atomic E-state index is 12.9. The summed E-state index contributed by atoms with van der Waals surface area (Å²) in [7, 11) is 0. The molecule has 1 fully saturated rings. The molecule has 3 aromatic carbocycles. The molecule has 5 nitrogen and oxygen atoms in total. The summed E-state index contributed by atoms with van der Waals surface area (Å²) < 4.78 is 0. The highest BCUT2D eigenvalue weighted by Crippen LogP contribution is 2.36. The minimum absolute atomic E-state index is 0.0889. The number of nitrogens with zero attached hydrogens (tertiary/aromatic N) is 2. The van der Waals surface area contributed by atoms with E-state index in [2.05, 4.69) is 34.6 Å². The summed E-state index contributed by atoms with van der Waals surface area (Å²) in [6.45, 7) is 0. The zero-order valence-corrected chi connectivity index (χ0v) is 18.5. The molecule has 0 radical (unpaired) electrons. The van der Waals surface area contributed by atoms with Gasteiger partial charge in [0.1, 0.15) is 5.75 Å². The number of aromatic hydroxyl groups is 1. The molecule has 0 spiro atoms. The highest BCUT2D eigenvalue weighted by Gasteiger charge is 2.23. The fourth-order valence-electron chi connectivity index (χ4n) is 4.64. The second-order valence-corrected chi connectivity index (χ2v) is 8.78. The average molecular weight is 438 g/mol. The van der Waals surface area contributed by atoms with Crippen molar-refractivity contribution in [2.75, 3.05) is 5.32 Å². The van der Waals surface area contributed by atoms with Crippen molar-refractivity contribution in [3.63, 3.8) is 0 Å². The molecule has 2 N–H and O–H groups in total. The number of rotatable bonds is 5. The van der Waals surface area contributed by atoms with Crippen molar-refractivity contribution < 1.29 is 9.90 Å². The predicted octanol–water partition coefficient (Wildman–Crippen LogP) is 6.23. The van der Waals surface area contributed by atoms with E-state index in [1.165, 1.54) is 19.3 Å². The van der Waals surface area contributed by atoms with E-state index in [4.69, 9.17) is 4.98 Å². The van der Waals surface area contributed by atoms with E-state index >= 15 is 0 Å². The van der Waals surface area contributed by atoms with E-state index in [0.29, 0.717) is 11.7 Å². The topological polar surface area (TPSA) is 75.1 Å². The number of phenols is 1. The number of fused-ring (bicyclic) bond motifs is 1. The number of aromatic nitrogens is 2. The number of amides is 1. The van der Waals surface area contributed by atoms with Crippen LogP contribution in [-0.2, 0) is 11.2 Å². The number of carbonyl (C=O) groups excluding carboxylic acids is 1. The molecule has 0 aliphatic heterocycles. The quantitative estimate of drug-likeness (QED) is 0.388. The summed E-state index contributed by atoms with van der Waals surface area (Å²) in [5.74, 6) is 0.986. The van der Waals surface area contributed by atoms with Crippen LogP contribution in [0.5, 0.6) is 5.75 Å². The molecule has 1 aromatic heterocycles. The summed E-state index contributed by atoms with van der Waals surface area (Å²) in [5.41, 5.74) is 3.49. The summed E-state index contributed by atoms with van der Waals surface area (Å²) >= 11 is 0. The summed E-state index contributed by atoms with van der Waals surface area (Å²) in [4.78, 5) is 22.5. The first-order valence-electron chi connectivity index (χ1n) is 11.6. The maximum Gasteiger partial charge on any atom is 0.229 e. The molecule has 1 aliphatic rings. The number of anilines is 1. The van der Waals surface area contributed by atoms with Crippen LogP contribution in [0.3, 0.4) is 0 Å². The zero-order chi connectivity index (χ0) is 22.6. The first-order valence-corrected chi connectivity index (χ1v) is 11.6. The molecule has 5 heteroatoms. The number of hydrogen-bond acceptors (Lipinski definition) is 4. The summed E-state index contributed by atoms with van der Waals surface area (Å²) in [6.07, 6.45) is 7.68. The van der Waals surface area contributed by atoms with Crippen molar-refractivity contribution in [3.8, 4) is 17.0 Å². The third-order valence-electron chi connectivity index (χ3n) is 6.39. The molecule has 1 heterocycles. The van der Waals surface area contributed by atoms with E-state index in [-0.39, 0.29) is 18.1 Å². The van der Waals surface area contributed by atoms with E-state index in [0.717, 1.165) is 46.1 Å². The fourth-order valence-corrected chi connectivity index (χ4v) is 4.64. The van der Waals surface area contributed by atoms with Gasteiger partial charge in [-0.15, -0.1) is 0 Å². The van der Waals surface area contributed by atoms with Crippen LogP contribution in [0.1, 0.15) is 49.3 Å². The Morgan fingerprint density at radius 2 is 1.70 bits per heavy atom. The van der Waals surface area contributed by atoms with Gasteiger partial charge in [0.15, 0.2) is 5.82 Å². The van der Waals surface area contributed by atoms with Gasteiger partial charge in [-0.25, -0.2) is 9.97 Å². The summed E-state index contributed by atoms with van der Waals surface area (Å²) in [6, 6.07) is 21.2. The molecule has 166 valence electrons. The Morgan fingerprint density at radius 3 is 2.48 bits per heavy atom. The minimum atomic E-state index is -0.0889. The lowest BCUT2D eigenvalue weighted by Crippen LogP contribution is -2.19. The lowest BCUT2D eigenvalue weighted by atomic mass is 9.86. The van der Waals surface area contributed by atoms with Gasteiger partial charge in [-0.2, -0.15) is 0 Å². The van der Waals surface area contributed by atoms with Crippen LogP contribution in [0.2, 0.25) is 0 Å². The first kappa shape index (κ1) is 21.1. The number of carbonyl (C=O) groups is 1. The Labute approximate surface area is 193 Å². The van der Waals surface area contributed by atoms with E-state index in [9.17, 15) is 9.90 Å². The molecular formula is C28H27N3O2. The van der Waals surface area contributed by atoms with Crippen LogP contribution in [0.25, 0.3) is 22.0 Å².